The number of hydrogen-bond acceptors (Lipinski definition) is 4. The van der Waals surface area contributed by atoms with E-state index in [-0.39, 0.29) is 17.7 Å². The number of nitrogens with one attached hydrogen (secondary N) is 2. The SMILES string of the molecule is COC1(CNC(=O)NC(C)c2cn(-c3ccccc3)nn2)CCC1. The van der Waals surface area contributed by atoms with E-state index in [1.165, 1.54) is 0 Å². The monoisotopic (exact) mass is 329 g/mol. The topological polar surface area (TPSA) is 81.1 Å². The molecule has 1 unspecified atom stereocenters. The van der Waals surface area contributed by atoms with Crippen molar-refractivity contribution in [2.24, 2.45) is 0 Å². The van der Waals surface area contributed by atoms with E-state index in [9.17, 15) is 4.79 Å². The lowest BCUT2D eigenvalue weighted by molar-refractivity contribution is -0.0674. The fraction of sp³-hybridized carbons (Fsp3) is 0.471. The Hall–Kier alpha value is -2.41. The van der Waals surface area contributed by atoms with Gasteiger partial charge in [-0.05, 0) is 38.3 Å². The largest absolute Gasteiger partial charge is 0.376 e. The van der Waals surface area contributed by atoms with Crippen molar-refractivity contribution in [3.8, 4) is 5.69 Å². The van der Waals surface area contributed by atoms with E-state index in [1.54, 1.807) is 11.8 Å². The van der Waals surface area contributed by atoms with Crippen LogP contribution in [0.15, 0.2) is 36.5 Å². The number of ether oxygens (including phenoxy) is 1. The Morgan fingerprint density at radius 1 is 1.38 bits per heavy atom. The van der Waals surface area contributed by atoms with Gasteiger partial charge in [0.2, 0.25) is 0 Å². The van der Waals surface area contributed by atoms with Crippen molar-refractivity contribution in [3.63, 3.8) is 0 Å². The molecule has 1 atom stereocenters. The van der Waals surface area contributed by atoms with Crippen LogP contribution in [-0.4, -0.2) is 40.3 Å². The summed E-state index contributed by atoms with van der Waals surface area (Å²) < 4.78 is 7.19. The molecule has 1 heterocycles. The average Bonchev–Trinajstić information content (AvgIpc) is 3.05. The molecule has 1 aromatic carbocycles. The highest BCUT2D eigenvalue weighted by atomic mass is 16.5. The van der Waals surface area contributed by atoms with Gasteiger partial charge in [-0.15, -0.1) is 5.10 Å². The van der Waals surface area contributed by atoms with E-state index < -0.39 is 0 Å². The molecule has 2 amide bonds. The van der Waals surface area contributed by atoms with E-state index in [4.69, 9.17) is 4.74 Å². The highest BCUT2D eigenvalue weighted by molar-refractivity contribution is 5.74. The zero-order chi connectivity index (χ0) is 17.0. The molecule has 0 aliphatic heterocycles. The molecule has 2 N–H and O–H groups in total. The van der Waals surface area contributed by atoms with Gasteiger partial charge in [0.1, 0.15) is 5.69 Å². The number of aromatic nitrogens is 3. The van der Waals surface area contributed by atoms with E-state index >= 15 is 0 Å². The molecule has 3 rings (SSSR count). The molecule has 2 aromatic rings. The number of methoxy groups -OCH3 is 1. The number of nitrogens with zero attached hydrogens (tertiary/aromatic N) is 3. The lowest BCUT2D eigenvalue weighted by Gasteiger charge is -2.40. The Labute approximate surface area is 141 Å². The fourth-order valence-electron chi connectivity index (χ4n) is 2.77. The molecule has 1 aliphatic carbocycles. The minimum Gasteiger partial charge on any atom is -0.376 e. The number of carbonyl (C=O) groups is 1. The molecular weight excluding hydrogens is 306 g/mol. The first kappa shape index (κ1) is 16.4. The van der Waals surface area contributed by atoms with Gasteiger partial charge in [0.25, 0.3) is 0 Å². The van der Waals surface area contributed by atoms with Crippen molar-refractivity contribution in [1.29, 1.82) is 0 Å². The quantitative estimate of drug-likeness (QED) is 0.851. The zero-order valence-electron chi connectivity index (χ0n) is 14.0. The average molecular weight is 329 g/mol. The van der Waals surface area contributed by atoms with Crippen LogP contribution in [0.5, 0.6) is 0 Å². The summed E-state index contributed by atoms with van der Waals surface area (Å²) in [6, 6.07) is 9.28. The summed E-state index contributed by atoms with van der Waals surface area (Å²) in [6.45, 7) is 2.41. The van der Waals surface area contributed by atoms with Crippen molar-refractivity contribution in [1.82, 2.24) is 25.6 Å². The van der Waals surface area contributed by atoms with E-state index in [0.717, 1.165) is 24.9 Å². The van der Waals surface area contributed by atoms with Crippen molar-refractivity contribution in [2.45, 2.75) is 37.8 Å². The Morgan fingerprint density at radius 3 is 2.75 bits per heavy atom. The second-order valence-corrected chi connectivity index (χ2v) is 6.21. The van der Waals surface area contributed by atoms with Crippen LogP contribution in [-0.2, 0) is 4.74 Å². The molecule has 0 radical (unpaired) electrons. The van der Waals surface area contributed by atoms with Crippen LogP contribution in [0.2, 0.25) is 0 Å². The van der Waals surface area contributed by atoms with Crippen LogP contribution in [0.25, 0.3) is 5.69 Å². The van der Waals surface area contributed by atoms with Crippen LogP contribution in [0.1, 0.15) is 37.9 Å². The number of amides is 2. The summed E-state index contributed by atoms with van der Waals surface area (Å²) in [4.78, 5) is 12.1. The highest BCUT2D eigenvalue weighted by Gasteiger charge is 2.37. The molecule has 1 saturated carbocycles. The fourth-order valence-corrected chi connectivity index (χ4v) is 2.77. The van der Waals surface area contributed by atoms with Gasteiger partial charge in [-0.1, -0.05) is 23.4 Å². The maximum Gasteiger partial charge on any atom is 0.315 e. The Balaban J connectivity index is 1.54. The van der Waals surface area contributed by atoms with Crippen LogP contribution < -0.4 is 10.6 Å². The third-order valence-corrected chi connectivity index (χ3v) is 4.59. The normalized spacial score (nSPS) is 16.9. The van der Waals surface area contributed by atoms with Gasteiger partial charge in [0, 0.05) is 13.7 Å². The van der Waals surface area contributed by atoms with Gasteiger partial charge in [0.15, 0.2) is 0 Å². The number of rotatable bonds is 6. The highest BCUT2D eigenvalue weighted by Crippen LogP contribution is 2.34. The molecular formula is C17H23N5O2. The number of benzene rings is 1. The minimum atomic E-state index is -0.234. The number of carbonyl (C=O) groups excluding carboxylic acids is 1. The van der Waals surface area contributed by atoms with Gasteiger partial charge in [-0.2, -0.15) is 0 Å². The summed E-state index contributed by atoms with van der Waals surface area (Å²) >= 11 is 0. The van der Waals surface area contributed by atoms with Crippen molar-refractivity contribution < 1.29 is 9.53 Å². The lowest BCUT2D eigenvalue weighted by Crippen LogP contribution is -2.51. The third kappa shape index (κ3) is 3.56. The zero-order valence-corrected chi connectivity index (χ0v) is 14.0. The second-order valence-electron chi connectivity index (χ2n) is 6.21. The molecule has 7 heteroatoms. The Bertz CT molecular complexity index is 676. The third-order valence-electron chi connectivity index (χ3n) is 4.59. The van der Waals surface area contributed by atoms with E-state index in [0.29, 0.717) is 12.2 Å². The summed E-state index contributed by atoms with van der Waals surface area (Å²) in [7, 11) is 1.70. The van der Waals surface area contributed by atoms with Gasteiger partial charge < -0.3 is 15.4 Å². The Morgan fingerprint density at radius 2 is 2.12 bits per heavy atom. The smallest absolute Gasteiger partial charge is 0.315 e. The first-order valence-electron chi connectivity index (χ1n) is 8.19. The van der Waals surface area contributed by atoms with E-state index in [1.807, 2.05) is 43.5 Å². The van der Waals surface area contributed by atoms with Crippen LogP contribution in [0, 0.1) is 0 Å². The van der Waals surface area contributed by atoms with Gasteiger partial charge in [0.05, 0.1) is 23.5 Å². The van der Waals surface area contributed by atoms with Crippen molar-refractivity contribution >= 4 is 6.03 Å². The second kappa shape index (κ2) is 7.00. The summed E-state index contributed by atoms with van der Waals surface area (Å²) in [5.74, 6) is 0. The summed E-state index contributed by atoms with van der Waals surface area (Å²) in [5, 5.41) is 14.0. The maximum absolute atomic E-state index is 12.1. The van der Waals surface area contributed by atoms with Crippen molar-refractivity contribution in [3.05, 3.63) is 42.2 Å². The molecule has 0 saturated heterocycles. The molecule has 0 bridgehead atoms. The predicted octanol–water partition coefficient (Wildman–Crippen LogP) is 2.20. The standard InChI is InChI=1S/C17H23N5O2/c1-13(19-16(23)18-12-17(24-2)9-6-10-17)15-11-22(21-20-15)14-7-4-3-5-8-14/h3-5,7-8,11,13H,6,9-10,12H2,1-2H3,(H2,18,19,23). The van der Waals surface area contributed by atoms with Gasteiger partial charge in [-0.25, -0.2) is 9.48 Å². The lowest BCUT2D eigenvalue weighted by atomic mass is 9.80. The van der Waals surface area contributed by atoms with Crippen LogP contribution >= 0.6 is 0 Å². The maximum atomic E-state index is 12.1. The van der Waals surface area contributed by atoms with Crippen molar-refractivity contribution in [2.75, 3.05) is 13.7 Å². The number of para-hydroxylation sites is 1. The van der Waals surface area contributed by atoms with Gasteiger partial charge in [-0.3, -0.25) is 0 Å². The van der Waals surface area contributed by atoms with Crippen LogP contribution in [0.4, 0.5) is 4.79 Å². The first-order valence-corrected chi connectivity index (χ1v) is 8.19. The molecule has 24 heavy (non-hydrogen) atoms. The minimum absolute atomic E-state index is 0.184. The molecule has 1 aliphatic rings. The molecule has 0 spiro atoms. The first-order chi connectivity index (χ1) is 11.6. The summed E-state index contributed by atoms with van der Waals surface area (Å²) in [5.41, 5.74) is 1.45. The molecule has 1 aromatic heterocycles. The molecule has 7 nitrogen and oxygen atoms in total. The Kier molecular flexibility index (Phi) is 4.80. The number of urea groups is 1. The molecule has 128 valence electrons. The van der Waals surface area contributed by atoms with Crippen LogP contribution in [0.3, 0.4) is 0 Å². The summed E-state index contributed by atoms with van der Waals surface area (Å²) in [6.07, 6.45) is 4.95. The van der Waals surface area contributed by atoms with Gasteiger partial charge >= 0.3 is 6.03 Å². The number of hydrogen-bond donors (Lipinski definition) is 2. The predicted molar refractivity (Wildman–Crippen MR) is 89.9 cm³/mol. The van der Waals surface area contributed by atoms with E-state index in [2.05, 4.69) is 20.9 Å². The molecule has 1 fully saturated rings.